The molecule has 0 bridgehead atoms. The molecule has 0 amide bonds. The molecule has 5 aliphatic rings. The minimum absolute atomic E-state index is 0.0168. The molecule has 1 N–H and O–H groups in total. The molecule has 4 heteroatoms. The fourth-order valence-corrected chi connectivity index (χ4v) is 12.4. The summed E-state index contributed by atoms with van der Waals surface area (Å²) in [6.07, 6.45) is 13.5. The van der Waals surface area contributed by atoms with Crippen LogP contribution in [0.5, 0.6) is 5.75 Å². The van der Waals surface area contributed by atoms with Gasteiger partial charge in [-0.3, -0.25) is 4.79 Å². The Morgan fingerprint density at radius 2 is 1.76 bits per heavy atom. The van der Waals surface area contributed by atoms with Crippen molar-refractivity contribution in [3.05, 3.63) is 47.8 Å². The van der Waals surface area contributed by atoms with Crippen LogP contribution in [0.4, 0.5) is 4.39 Å². The number of benzene rings is 1. The molecule has 41 heavy (non-hydrogen) atoms. The molecule has 4 saturated carbocycles. The Morgan fingerprint density at radius 1 is 1.00 bits per heavy atom. The number of hydrogen-bond donors (Lipinski definition) is 1. The molecule has 9 atom stereocenters. The molecule has 0 aromatic heterocycles. The largest absolute Gasteiger partial charge is 0.426 e. The standard InChI is InChI=1S/C37H51FO3/c1-23(21-39)25-12-15-34(4)18-19-36(6)27(32(25)34)9-11-31-35(5)16-13-26(24-8-10-29(41-22-40)28(38)20-24)33(2,3)30(35)14-17-37(31,36)7/h8,10,13,20,22,25,27,30-32,39H,1,9,11-12,14-19,21H2,2-7H3/t25-,27+,30-,31+,32+,34+,35-,36+,37+/m0/s1. The number of halogens is 1. The monoisotopic (exact) mass is 562 g/mol. The van der Waals surface area contributed by atoms with Gasteiger partial charge in [0.2, 0.25) is 0 Å². The zero-order valence-electron chi connectivity index (χ0n) is 26.2. The summed E-state index contributed by atoms with van der Waals surface area (Å²) in [5.74, 6) is 2.46. The molecule has 1 aromatic carbocycles. The van der Waals surface area contributed by atoms with E-state index in [1.165, 1.54) is 56.9 Å². The van der Waals surface area contributed by atoms with Crippen molar-refractivity contribution < 1.29 is 19.0 Å². The second-order valence-electron chi connectivity index (χ2n) is 16.2. The Hall–Kier alpha value is -1.94. The second-order valence-corrected chi connectivity index (χ2v) is 16.2. The van der Waals surface area contributed by atoms with Gasteiger partial charge in [0.15, 0.2) is 11.6 Å². The minimum Gasteiger partial charge on any atom is -0.426 e. The predicted molar refractivity (Wildman–Crippen MR) is 163 cm³/mol. The quantitative estimate of drug-likeness (QED) is 0.288. The summed E-state index contributed by atoms with van der Waals surface area (Å²) >= 11 is 0. The third-order valence-electron chi connectivity index (χ3n) is 14.6. The maximum absolute atomic E-state index is 14.8. The summed E-state index contributed by atoms with van der Waals surface area (Å²) in [6.45, 7) is 20.0. The van der Waals surface area contributed by atoms with E-state index >= 15 is 0 Å². The summed E-state index contributed by atoms with van der Waals surface area (Å²) in [5.41, 5.74) is 4.24. The van der Waals surface area contributed by atoms with Crippen LogP contribution in [0.3, 0.4) is 0 Å². The highest BCUT2D eigenvalue weighted by atomic mass is 19.1. The van der Waals surface area contributed by atoms with Gasteiger partial charge in [0.05, 0.1) is 6.61 Å². The third kappa shape index (κ3) is 3.87. The van der Waals surface area contributed by atoms with E-state index in [9.17, 15) is 14.3 Å². The lowest BCUT2D eigenvalue weighted by atomic mass is 9.32. The fourth-order valence-electron chi connectivity index (χ4n) is 12.4. The second kappa shape index (κ2) is 9.53. The topological polar surface area (TPSA) is 46.5 Å². The smallest absolute Gasteiger partial charge is 0.298 e. The Kier molecular flexibility index (Phi) is 6.77. The van der Waals surface area contributed by atoms with E-state index in [4.69, 9.17) is 4.74 Å². The van der Waals surface area contributed by atoms with Crippen molar-refractivity contribution in [3.63, 3.8) is 0 Å². The molecule has 1 aromatic rings. The van der Waals surface area contributed by atoms with Crippen LogP contribution in [0.25, 0.3) is 5.57 Å². The highest BCUT2D eigenvalue weighted by molar-refractivity contribution is 5.72. The number of hydrogen-bond acceptors (Lipinski definition) is 3. The lowest BCUT2D eigenvalue weighted by Crippen LogP contribution is -2.65. The van der Waals surface area contributed by atoms with E-state index < -0.39 is 5.82 Å². The van der Waals surface area contributed by atoms with E-state index in [1.54, 1.807) is 12.1 Å². The lowest BCUT2D eigenvalue weighted by Gasteiger charge is -2.72. The first kappa shape index (κ1) is 29.1. The molecule has 0 heterocycles. The summed E-state index contributed by atoms with van der Waals surface area (Å²) < 4.78 is 19.6. The molecule has 6 rings (SSSR count). The Morgan fingerprint density at radius 3 is 2.44 bits per heavy atom. The molecule has 0 saturated heterocycles. The van der Waals surface area contributed by atoms with Gasteiger partial charge in [-0.1, -0.05) is 60.3 Å². The number of rotatable bonds is 5. The Balaban J connectivity index is 1.35. The first-order valence-corrected chi connectivity index (χ1v) is 16.2. The predicted octanol–water partition coefficient (Wildman–Crippen LogP) is 9.00. The maximum atomic E-state index is 14.8. The Labute approximate surface area is 247 Å². The van der Waals surface area contributed by atoms with Crippen LogP contribution in [0.15, 0.2) is 36.4 Å². The van der Waals surface area contributed by atoms with Gasteiger partial charge in [-0.05, 0) is 143 Å². The van der Waals surface area contributed by atoms with Crippen LogP contribution in [0.1, 0.15) is 105 Å². The van der Waals surface area contributed by atoms with Crippen molar-refractivity contribution in [2.45, 2.75) is 99.3 Å². The first-order valence-electron chi connectivity index (χ1n) is 16.2. The molecule has 3 nitrogen and oxygen atoms in total. The molecular weight excluding hydrogens is 511 g/mol. The third-order valence-corrected chi connectivity index (χ3v) is 14.6. The molecule has 224 valence electrons. The summed E-state index contributed by atoms with van der Waals surface area (Å²) in [5, 5.41) is 10.1. The molecule has 0 radical (unpaired) electrons. The summed E-state index contributed by atoms with van der Waals surface area (Å²) in [6, 6.07) is 5.04. The summed E-state index contributed by atoms with van der Waals surface area (Å²) in [4.78, 5) is 10.8. The first-order chi connectivity index (χ1) is 19.3. The van der Waals surface area contributed by atoms with Crippen molar-refractivity contribution in [1.29, 1.82) is 0 Å². The van der Waals surface area contributed by atoms with Crippen molar-refractivity contribution >= 4 is 12.0 Å². The van der Waals surface area contributed by atoms with E-state index in [1.807, 2.05) is 6.07 Å². The fraction of sp³-hybridized carbons (Fsp3) is 0.703. The van der Waals surface area contributed by atoms with Crippen molar-refractivity contribution in [2.75, 3.05) is 6.61 Å². The zero-order chi connectivity index (χ0) is 29.6. The van der Waals surface area contributed by atoms with Gasteiger partial charge in [-0.15, -0.1) is 0 Å². The van der Waals surface area contributed by atoms with Gasteiger partial charge < -0.3 is 9.84 Å². The van der Waals surface area contributed by atoms with Gasteiger partial charge in [0.25, 0.3) is 6.47 Å². The van der Waals surface area contributed by atoms with Crippen molar-refractivity contribution in [3.8, 4) is 5.75 Å². The SMILES string of the molecule is C=C(CO)[C@@H]1CC[C@]2(C)CC[C@]3(C)[C@H](CC[C@@H]4[C@@]5(C)CC=C(c6ccc(OC=O)c(F)c6)C(C)(C)[C@@H]5CC[C@]43C)[C@@H]12. The van der Waals surface area contributed by atoms with Gasteiger partial charge in [-0.25, -0.2) is 4.39 Å². The van der Waals surface area contributed by atoms with Gasteiger partial charge in [0.1, 0.15) is 0 Å². The molecular formula is C37H51FO3. The molecule has 5 aliphatic carbocycles. The maximum Gasteiger partial charge on any atom is 0.298 e. The highest BCUT2D eigenvalue weighted by Gasteiger charge is 2.69. The molecule has 0 unspecified atom stereocenters. The minimum atomic E-state index is -0.486. The van der Waals surface area contributed by atoms with Crippen LogP contribution in [0.2, 0.25) is 0 Å². The van der Waals surface area contributed by atoms with Crippen LogP contribution < -0.4 is 4.74 Å². The average molecular weight is 563 g/mol. The van der Waals surface area contributed by atoms with Crippen molar-refractivity contribution in [2.24, 2.45) is 56.7 Å². The van der Waals surface area contributed by atoms with Crippen LogP contribution in [-0.2, 0) is 4.79 Å². The van der Waals surface area contributed by atoms with E-state index in [-0.39, 0.29) is 40.5 Å². The molecule has 0 aliphatic heterocycles. The molecule has 4 fully saturated rings. The van der Waals surface area contributed by atoms with E-state index in [2.05, 4.69) is 54.2 Å². The zero-order valence-corrected chi connectivity index (χ0v) is 26.2. The number of aliphatic hydroxyl groups excluding tert-OH is 1. The lowest BCUT2D eigenvalue weighted by molar-refractivity contribution is -0.224. The number of carbonyl (C=O) groups is 1. The van der Waals surface area contributed by atoms with Crippen LogP contribution >= 0.6 is 0 Å². The van der Waals surface area contributed by atoms with Crippen LogP contribution in [0, 0.1) is 62.5 Å². The number of fused-ring (bicyclic) bond motifs is 7. The highest BCUT2D eigenvalue weighted by Crippen LogP contribution is 2.77. The average Bonchev–Trinajstić information content (AvgIpc) is 3.27. The van der Waals surface area contributed by atoms with Crippen molar-refractivity contribution in [1.82, 2.24) is 0 Å². The van der Waals surface area contributed by atoms with E-state index in [0.717, 1.165) is 17.6 Å². The van der Waals surface area contributed by atoms with Gasteiger partial charge in [0, 0.05) is 0 Å². The number of ether oxygens (including phenoxy) is 1. The Bertz CT molecular complexity index is 1280. The van der Waals surface area contributed by atoms with Crippen LogP contribution in [-0.4, -0.2) is 18.2 Å². The van der Waals surface area contributed by atoms with E-state index in [0.29, 0.717) is 35.0 Å². The number of allylic oxidation sites excluding steroid dienone is 2. The van der Waals surface area contributed by atoms with Gasteiger partial charge >= 0.3 is 0 Å². The molecule has 0 spiro atoms. The number of carbonyl (C=O) groups excluding carboxylic acids is 1. The number of aliphatic hydroxyl groups is 1. The summed E-state index contributed by atoms with van der Waals surface area (Å²) in [7, 11) is 0. The van der Waals surface area contributed by atoms with Gasteiger partial charge in [-0.2, -0.15) is 0 Å². The normalized spacial score (nSPS) is 44.5.